The van der Waals surface area contributed by atoms with E-state index >= 15 is 0 Å². The summed E-state index contributed by atoms with van der Waals surface area (Å²) in [4.78, 5) is 27.4. The molecule has 0 aliphatic carbocycles. The lowest BCUT2D eigenvalue weighted by atomic mass is 9.99. The standard InChI is InChI=1S/C15H22N2O2S/c1-4-6-17-7-5-12(18)8-13(17)15(19)16-14-10(2)9-20-11(14)3/h9,13H,4-8H2,1-3H3,(H,16,19)/t13-/m0/s1. The molecule has 0 radical (unpaired) electrons. The monoisotopic (exact) mass is 294 g/mol. The van der Waals surface area contributed by atoms with E-state index in [0.717, 1.165) is 29.1 Å². The molecule has 0 aromatic carbocycles. The molecule has 5 heteroatoms. The Hall–Kier alpha value is -1.20. The van der Waals surface area contributed by atoms with Gasteiger partial charge in [0.05, 0.1) is 11.7 Å². The second kappa shape index (κ2) is 6.50. The zero-order valence-electron chi connectivity index (χ0n) is 12.4. The van der Waals surface area contributed by atoms with Gasteiger partial charge < -0.3 is 5.32 Å². The van der Waals surface area contributed by atoms with E-state index in [0.29, 0.717) is 19.4 Å². The number of carbonyl (C=O) groups is 2. The molecule has 4 nitrogen and oxygen atoms in total. The zero-order valence-corrected chi connectivity index (χ0v) is 13.2. The summed E-state index contributed by atoms with van der Waals surface area (Å²) >= 11 is 1.64. The number of aryl methyl sites for hydroxylation is 2. The maximum atomic E-state index is 12.5. The molecule has 0 saturated carbocycles. The third-order valence-corrected chi connectivity index (χ3v) is 4.79. The van der Waals surface area contributed by atoms with E-state index in [1.54, 1.807) is 11.3 Å². The van der Waals surface area contributed by atoms with Crippen LogP contribution >= 0.6 is 11.3 Å². The minimum atomic E-state index is -0.310. The van der Waals surface area contributed by atoms with Crippen molar-refractivity contribution in [1.82, 2.24) is 4.90 Å². The molecular formula is C15H22N2O2S. The van der Waals surface area contributed by atoms with Crippen molar-refractivity contribution < 1.29 is 9.59 Å². The van der Waals surface area contributed by atoms with Gasteiger partial charge >= 0.3 is 0 Å². The molecule has 20 heavy (non-hydrogen) atoms. The van der Waals surface area contributed by atoms with Crippen molar-refractivity contribution in [3.8, 4) is 0 Å². The molecule has 110 valence electrons. The van der Waals surface area contributed by atoms with Gasteiger partial charge in [0.1, 0.15) is 5.78 Å². The van der Waals surface area contributed by atoms with E-state index in [-0.39, 0.29) is 17.7 Å². The predicted octanol–water partition coefficient (Wildman–Crippen LogP) is 2.75. The summed E-state index contributed by atoms with van der Waals surface area (Å²) in [6.07, 6.45) is 1.91. The van der Waals surface area contributed by atoms with Gasteiger partial charge in [0.2, 0.25) is 5.91 Å². The van der Waals surface area contributed by atoms with E-state index in [1.165, 1.54) is 0 Å². The molecule has 1 fully saturated rings. The van der Waals surface area contributed by atoms with Crippen LogP contribution in [-0.2, 0) is 9.59 Å². The van der Waals surface area contributed by atoms with Crippen LogP contribution < -0.4 is 5.32 Å². The van der Waals surface area contributed by atoms with Crippen LogP contribution in [0.2, 0.25) is 0 Å². The Morgan fingerprint density at radius 1 is 1.50 bits per heavy atom. The van der Waals surface area contributed by atoms with Crippen molar-refractivity contribution in [2.75, 3.05) is 18.4 Å². The first kappa shape index (κ1) is 15.2. The lowest BCUT2D eigenvalue weighted by molar-refractivity contribution is -0.131. The average molecular weight is 294 g/mol. The number of likely N-dealkylation sites (tertiary alicyclic amines) is 1. The summed E-state index contributed by atoms with van der Waals surface area (Å²) in [6.45, 7) is 7.66. The van der Waals surface area contributed by atoms with Gasteiger partial charge in [-0.25, -0.2) is 0 Å². The van der Waals surface area contributed by atoms with E-state index in [4.69, 9.17) is 0 Å². The van der Waals surface area contributed by atoms with Crippen LogP contribution in [0, 0.1) is 13.8 Å². The van der Waals surface area contributed by atoms with Crippen LogP contribution in [-0.4, -0.2) is 35.7 Å². The highest BCUT2D eigenvalue weighted by Gasteiger charge is 2.32. The van der Waals surface area contributed by atoms with Gasteiger partial charge in [0, 0.05) is 24.3 Å². The molecule has 0 unspecified atom stereocenters. The molecule has 1 aliphatic heterocycles. The molecule has 0 bridgehead atoms. The van der Waals surface area contributed by atoms with Gasteiger partial charge in [-0.05, 0) is 37.8 Å². The van der Waals surface area contributed by atoms with Crippen molar-refractivity contribution >= 4 is 28.7 Å². The van der Waals surface area contributed by atoms with Gasteiger partial charge in [-0.15, -0.1) is 11.3 Å². The van der Waals surface area contributed by atoms with E-state index in [2.05, 4.69) is 17.1 Å². The smallest absolute Gasteiger partial charge is 0.242 e. The number of hydrogen-bond acceptors (Lipinski definition) is 4. The summed E-state index contributed by atoms with van der Waals surface area (Å²) in [5.74, 6) is 0.146. The summed E-state index contributed by atoms with van der Waals surface area (Å²) in [5, 5.41) is 5.06. The molecule has 1 aromatic rings. The van der Waals surface area contributed by atoms with Crippen molar-refractivity contribution in [3.05, 3.63) is 15.8 Å². The molecule has 1 aliphatic rings. The molecular weight excluding hydrogens is 272 g/mol. The summed E-state index contributed by atoms with van der Waals surface area (Å²) < 4.78 is 0. The number of rotatable bonds is 4. The lowest BCUT2D eigenvalue weighted by Crippen LogP contribution is -2.49. The van der Waals surface area contributed by atoms with Crippen molar-refractivity contribution in [2.24, 2.45) is 0 Å². The highest BCUT2D eigenvalue weighted by atomic mass is 32.1. The minimum absolute atomic E-state index is 0.0453. The minimum Gasteiger partial charge on any atom is -0.323 e. The van der Waals surface area contributed by atoms with E-state index in [9.17, 15) is 9.59 Å². The third-order valence-electron chi connectivity index (χ3n) is 3.76. The van der Waals surface area contributed by atoms with Gasteiger partial charge in [-0.1, -0.05) is 6.92 Å². The Morgan fingerprint density at radius 2 is 2.25 bits per heavy atom. The SMILES string of the molecule is CCCN1CCC(=O)C[C@H]1C(=O)Nc1c(C)csc1C. The predicted molar refractivity (Wildman–Crippen MR) is 82.3 cm³/mol. The Balaban J connectivity index is 2.11. The number of carbonyl (C=O) groups excluding carboxylic acids is 2. The van der Waals surface area contributed by atoms with Gasteiger partial charge in [-0.2, -0.15) is 0 Å². The molecule has 1 aromatic heterocycles. The first-order valence-corrected chi connectivity index (χ1v) is 8.02. The number of nitrogens with zero attached hydrogens (tertiary/aromatic N) is 1. The number of ketones is 1. The van der Waals surface area contributed by atoms with Gasteiger partial charge in [0.25, 0.3) is 0 Å². The Kier molecular flexibility index (Phi) is 4.94. The number of amides is 1. The molecule has 1 saturated heterocycles. The van der Waals surface area contributed by atoms with Crippen LogP contribution in [0.25, 0.3) is 0 Å². The number of thiophene rings is 1. The molecule has 0 spiro atoms. The van der Waals surface area contributed by atoms with E-state index in [1.807, 2.05) is 19.2 Å². The fourth-order valence-corrected chi connectivity index (χ4v) is 3.45. The average Bonchev–Trinajstić information content (AvgIpc) is 2.73. The van der Waals surface area contributed by atoms with Crippen LogP contribution in [0.4, 0.5) is 5.69 Å². The van der Waals surface area contributed by atoms with Crippen molar-refractivity contribution in [2.45, 2.75) is 46.1 Å². The Bertz CT molecular complexity index is 490. The quantitative estimate of drug-likeness (QED) is 0.929. The number of anilines is 1. The summed E-state index contributed by atoms with van der Waals surface area (Å²) in [5.41, 5.74) is 2.00. The van der Waals surface area contributed by atoms with Crippen LogP contribution in [0.1, 0.15) is 36.6 Å². The first-order valence-electron chi connectivity index (χ1n) is 7.14. The number of piperidine rings is 1. The maximum Gasteiger partial charge on any atom is 0.242 e. The molecule has 1 atom stereocenters. The zero-order chi connectivity index (χ0) is 14.7. The fourth-order valence-electron chi connectivity index (χ4n) is 2.65. The second-order valence-electron chi connectivity index (χ2n) is 5.38. The number of nitrogens with one attached hydrogen (secondary N) is 1. The van der Waals surface area contributed by atoms with Crippen molar-refractivity contribution in [1.29, 1.82) is 0 Å². The third kappa shape index (κ3) is 3.27. The van der Waals surface area contributed by atoms with Gasteiger partial charge in [-0.3, -0.25) is 14.5 Å². The Labute approximate surface area is 124 Å². The summed E-state index contributed by atoms with van der Waals surface area (Å²) in [6, 6.07) is -0.310. The highest BCUT2D eigenvalue weighted by molar-refractivity contribution is 7.10. The Morgan fingerprint density at radius 3 is 2.85 bits per heavy atom. The highest BCUT2D eigenvalue weighted by Crippen LogP contribution is 2.27. The lowest BCUT2D eigenvalue weighted by Gasteiger charge is -2.33. The van der Waals surface area contributed by atoms with E-state index < -0.39 is 0 Å². The fraction of sp³-hybridized carbons (Fsp3) is 0.600. The van der Waals surface area contributed by atoms with Gasteiger partial charge in [0.15, 0.2) is 0 Å². The maximum absolute atomic E-state index is 12.5. The number of hydrogen-bond donors (Lipinski definition) is 1. The van der Waals surface area contributed by atoms with Crippen molar-refractivity contribution in [3.63, 3.8) is 0 Å². The van der Waals surface area contributed by atoms with Crippen LogP contribution in [0.15, 0.2) is 5.38 Å². The second-order valence-corrected chi connectivity index (χ2v) is 6.47. The number of Topliss-reactive ketones (excluding diaryl/α,β-unsaturated/α-hetero) is 1. The topological polar surface area (TPSA) is 49.4 Å². The molecule has 2 heterocycles. The molecule has 2 rings (SSSR count). The van der Waals surface area contributed by atoms with Crippen LogP contribution in [0.3, 0.4) is 0 Å². The molecule has 1 amide bonds. The first-order chi connectivity index (χ1) is 9.52. The normalized spacial score (nSPS) is 20.1. The molecule has 1 N–H and O–H groups in total. The van der Waals surface area contributed by atoms with Crippen LogP contribution in [0.5, 0.6) is 0 Å². The largest absolute Gasteiger partial charge is 0.323 e. The summed E-state index contributed by atoms with van der Waals surface area (Å²) in [7, 11) is 0.